The van der Waals surface area contributed by atoms with Gasteiger partial charge in [0.15, 0.2) is 6.10 Å². The molecule has 0 unspecified atom stereocenters. The maximum atomic E-state index is 13.5. The molecule has 1 aromatic carbocycles. The standard InChI is InChI=1S/C21H26N4O5S/c1-22(2)21(27)19-14-25(16-8-4-5-9-18(16)30-19)20(26)17-12-15(13-23(17)3)31(28,29)24-10-6-7-11-24/h4-5,8-9,12-13,19H,6-7,10-11,14H2,1-3H3/t19-/m0/s1. The summed E-state index contributed by atoms with van der Waals surface area (Å²) in [5.41, 5.74) is 0.769. The summed E-state index contributed by atoms with van der Waals surface area (Å²) in [5, 5.41) is 0. The zero-order valence-electron chi connectivity index (χ0n) is 17.8. The summed E-state index contributed by atoms with van der Waals surface area (Å²) in [6.45, 7) is 1.02. The van der Waals surface area contributed by atoms with Crippen LogP contribution in [0.4, 0.5) is 5.69 Å². The van der Waals surface area contributed by atoms with Gasteiger partial charge in [-0.2, -0.15) is 4.31 Å². The second kappa shape index (κ2) is 8.01. The highest BCUT2D eigenvalue weighted by Crippen LogP contribution is 2.35. The molecular weight excluding hydrogens is 420 g/mol. The van der Waals surface area contributed by atoms with Gasteiger partial charge in [0.1, 0.15) is 16.3 Å². The van der Waals surface area contributed by atoms with E-state index in [4.69, 9.17) is 4.74 Å². The van der Waals surface area contributed by atoms with Gasteiger partial charge in [-0.3, -0.25) is 14.5 Å². The number of aromatic nitrogens is 1. The van der Waals surface area contributed by atoms with E-state index in [1.807, 2.05) is 0 Å². The average molecular weight is 447 g/mol. The van der Waals surface area contributed by atoms with Crippen molar-refractivity contribution in [3.05, 3.63) is 42.2 Å². The molecule has 0 saturated carbocycles. The Labute approximate surface area is 181 Å². The average Bonchev–Trinajstić information content (AvgIpc) is 3.42. The summed E-state index contributed by atoms with van der Waals surface area (Å²) in [6.07, 6.45) is 2.30. The number of para-hydroxylation sites is 2. The molecule has 9 nitrogen and oxygen atoms in total. The van der Waals surface area contributed by atoms with Crippen molar-refractivity contribution in [2.45, 2.75) is 23.8 Å². The molecule has 3 heterocycles. The Kier molecular flexibility index (Phi) is 5.52. The van der Waals surface area contributed by atoms with Crippen LogP contribution in [0.1, 0.15) is 23.3 Å². The molecule has 2 aliphatic rings. The van der Waals surface area contributed by atoms with Crippen LogP contribution in [0.3, 0.4) is 0 Å². The number of sulfonamides is 1. The van der Waals surface area contributed by atoms with Gasteiger partial charge in [-0.15, -0.1) is 0 Å². The molecule has 2 aliphatic heterocycles. The van der Waals surface area contributed by atoms with Crippen LogP contribution in [0.25, 0.3) is 0 Å². The number of nitrogens with zero attached hydrogens (tertiary/aromatic N) is 4. The van der Waals surface area contributed by atoms with Gasteiger partial charge >= 0.3 is 0 Å². The van der Waals surface area contributed by atoms with Crippen molar-refractivity contribution in [2.24, 2.45) is 7.05 Å². The third-order valence-electron chi connectivity index (χ3n) is 5.64. The van der Waals surface area contributed by atoms with E-state index < -0.39 is 22.0 Å². The Morgan fingerprint density at radius 3 is 2.48 bits per heavy atom. The van der Waals surface area contributed by atoms with Crippen LogP contribution in [-0.4, -0.2) is 73.8 Å². The molecule has 10 heteroatoms. The first kappa shape index (κ1) is 21.4. The Bertz CT molecular complexity index is 1120. The summed E-state index contributed by atoms with van der Waals surface area (Å²) < 4.78 is 34.7. The number of likely N-dealkylation sites (N-methyl/N-ethyl adjacent to an activating group) is 1. The topological polar surface area (TPSA) is 92.2 Å². The number of benzene rings is 1. The lowest BCUT2D eigenvalue weighted by Gasteiger charge is -2.35. The molecule has 1 atom stereocenters. The van der Waals surface area contributed by atoms with E-state index in [-0.39, 0.29) is 23.0 Å². The monoisotopic (exact) mass is 446 g/mol. The zero-order chi connectivity index (χ0) is 22.3. The lowest BCUT2D eigenvalue weighted by molar-refractivity contribution is -0.135. The molecular formula is C21H26N4O5S. The first-order valence-corrected chi connectivity index (χ1v) is 11.6. The number of amides is 2. The first-order chi connectivity index (χ1) is 14.7. The molecule has 166 valence electrons. The molecule has 0 radical (unpaired) electrons. The van der Waals surface area contributed by atoms with Crippen molar-refractivity contribution in [3.8, 4) is 5.75 Å². The van der Waals surface area contributed by atoms with Gasteiger partial charge in [-0.1, -0.05) is 12.1 Å². The number of carbonyl (C=O) groups is 2. The van der Waals surface area contributed by atoms with Gasteiger partial charge in [0, 0.05) is 40.4 Å². The lowest BCUT2D eigenvalue weighted by Crippen LogP contribution is -2.50. The summed E-state index contributed by atoms with van der Waals surface area (Å²) in [6, 6.07) is 8.42. The molecule has 0 aliphatic carbocycles. The third kappa shape index (κ3) is 3.81. The predicted molar refractivity (Wildman–Crippen MR) is 115 cm³/mol. The van der Waals surface area contributed by atoms with Gasteiger partial charge in [-0.05, 0) is 31.0 Å². The van der Waals surface area contributed by atoms with Crippen LogP contribution in [0.2, 0.25) is 0 Å². The molecule has 0 N–H and O–H groups in total. The maximum Gasteiger partial charge on any atom is 0.275 e. The van der Waals surface area contributed by atoms with Crippen LogP contribution in [-0.2, 0) is 21.9 Å². The minimum atomic E-state index is -3.64. The highest BCUT2D eigenvalue weighted by atomic mass is 32.2. The van der Waals surface area contributed by atoms with Crippen molar-refractivity contribution in [2.75, 3.05) is 38.6 Å². The number of aryl methyl sites for hydroxylation is 1. The van der Waals surface area contributed by atoms with Crippen molar-refractivity contribution in [1.82, 2.24) is 13.8 Å². The van der Waals surface area contributed by atoms with Crippen LogP contribution in [0, 0.1) is 0 Å². The third-order valence-corrected chi connectivity index (χ3v) is 7.50. The van der Waals surface area contributed by atoms with E-state index in [2.05, 4.69) is 0 Å². The Morgan fingerprint density at radius 1 is 1.13 bits per heavy atom. The molecule has 0 bridgehead atoms. The maximum absolute atomic E-state index is 13.5. The van der Waals surface area contributed by atoms with Crippen LogP contribution in [0.5, 0.6) is 5.75 Å². The summed E-state index contributed by atoms with van der Waals surface area (Å²) in [7, 11) is 1.26. The molecule has 31 heavy (non-hydrogen) atoms. The summed E-state index contributed by atoms with van der Waals surface area (Å²) in [5.74, 6) is -0.212. The quantitative estimate of drug-likeness (QED) is 0.706. The second-order valence-electron chi connectivity index (χ2n) is 8.01. The number of hydrogen-bond acceptors (Lipinski definition) is 5. The fourth-order valence-corrected chi connectivity index (χ4v) is 5.54. The minimum Gasteiger partial charge on any atom is -0.476 e. The van der Waals surface area contributed by atoms with Gasteiger partial charge in [0.05, 0.1) is 12.2 Å². The highest BCUT2D eigenvalue weighted by molar-refractivity contribution is 7.89. The van der Waals surface area contributed by atoms with Crippen molar-refractivity contribution >= 4 is 27.5 Å². The Hall–Kier alpha value is -2.85. The van der Waals surface area contributed by atoms with E-state index in [9.17, 15) is 18.0 Å². The van der Waals surface area contributed by atoms with Crippen molar-refractivity contribution in [3.63, 3.8) is 0 Å². The van der Waals surface area contributed by atoms with Crippen LogP contribution >= 0.6 is 0 Å². The van der Waals surface area contributed by atoms with Crippen molar-refractivity contribution in [1.29, 1.82) is 0 Å². The number of carbonyl (C=O) groups excluding carboxylic acids is 2. The highest BCUT2D eigenvalue weighted by Gasteiger charge is 2.36. The fraction of sp³-hybridized carbons (Fsp3) is 0.429. The fourth-order valence-electron chi connectivity index (χ4n) is 3.95. The van der Waals surface area contributed by atoms with Gasteiger partial charge in [0.2, 0.25) is 10.0 Å². The number of ether oxygens (including phenoxy) is 1. The van der Waals surface area contributed by atoms with E-state index in [1.54, 1.807) is 45.4 Å². The largest absolute Gasteiger partial charge is 0.476 e. The van der Waals surface area contributed by atoms with E-state index >= 15 is 0 Å². The molecule has 0 spiro atoms. The lowest BCUT2D eigenvalue weighted by atomic mass is 10.1. The minimum absolute atomic E-state index is 0.0340. The number of anilines is 1. The molecule has 1 fully saturated rings. The Balaban J connectivity index is 1.69. The summed E-state index contributed by atoms with van der Waals surface area (Å²) >= 11 is 0. The molecule has 2 amide bonds. The smallest absolute Gasteiger partial charge is 0.275 e. The predicted octanol–water partition coefficient (Wildman–Crippen LogP) is 1.31. The molecule has 4 rings (SSSR count). The van der Waals surface area contributed by atoms with E-state index in [1.165, 1.54) is 30.9 Å². The van der Waals surface area contributed by atoms with E-state index in [0.29, 0.717) is 24.5 Å². The normalized spacial score (nSPS) is 19.1. The zero-order valence-corrected chi connectivity index (χ0v) is 18.6. The number of rotatable bonds is 4. The molecule has 2 aromatic rings. The number of fused-ring (bicyclic) bond motifs is 1. The van der Waals surface area contributed by atoms with Crippen LogP contribution < -0.4 is 9.64 Å². The van der Waals surface area contributed by atoms with Crippen molar-refractivity contribution < 1.29 is 22.7 Å². The Morgan fingerprint density at radius 2 is 1.81 bits per heavy atom. The summed E-state index contributed by atoms with van der Waals surface area (Å²) in [4.78, 5) is 29.0. The van der Waals surface area contributed by atoms with Crippen LogP contribution in [0.15, 0.2) is 41.4 Å². The molecule has 1 aromatic heterocycles. The number of hydrogen-bond donors (Lipinski definition) is 0. The second-order valence-corrected chi connectivity index (χ2v) is 9.94. The SMILES string of the molecule is CN(C)C(=O)[C@@H]1CN(C(=O)c2cc(S(=O)(=O)N3CCCC3)cn2C)c2ccccc2O1. The molecule has 1 saturated heterocycles. The first-order valence-electron chi connectivity index (χ1n) is 10.2. The van der Waals surface area contributed by atoms with E-state index in [0.717, 1.165) is 12.8 Å². The van der Waals surface area contributed by atoms with Gasteiger partial charge < -0.3 is 14.2 Å². The van der Waals surface area contributed by atoms with Gasteiger partial charge in [-0.25, -0.2) is 8.42 Å². The van der Waals surface area contributed by atoms with Gasteiger partial charge in [0.25, 0.3) is 11.8 Å².